The molecule has 0 fully saturated rings. The molecule has 0 spiro atoms. The first kappa shape index (κ1) is 15.3. The van der Waals surface area contributed by atoms with Gasteiger partial charge in [0.2, 0.25) is 5.91 Å². The van der Waals surface area contributed by atoms with E-state index in [-0.39, 0.29) is 31.4 Å². The molecule has 106 valence electrons. The van der Waals surface area contributed by atoms with Gasteiger partial charge < -0.3 is 10.2 Å². The highest BCUT2D eigenvalue weighted by Gasteiger charge is 2.18. The number of anilines is 1. The van der Waals surface area contributed by atoms with E-state index in [1.807, 2.05) is 0 Å². The van der Waals surface area contributed by atoms with Crippen LogP contribution < -0.4 is 5.32 Å². The quantitative estimate of drug-likeness (QED) is 0.510. The van der Waals surface area contributed by atoms with Gasteiger partial charge in [-0.25, -0.2) is 17.6 Å². The summed E-state index contributed by atoms with van der Waals surface area (Å²) in [6, 6.07) is 0.144. The summed E-state index contributed by atoms with van der Waals surface area (Å²) < 4.78 is 52.2. The summed E-state index contributed by atoms with van der Waals surface area (Å²) in [5.74, 6) is -6.03. The van der Waals surface area contributed by atoms with Crippen molar-refractivity contribution < 1.29 is 22.4 Å². The van der Waals surface area contributed by atoms with Gasteiger partial charge in [0.25, 0.3) is 0 Å². The van der Waals surface area contributed by atoms with Crippen molar-refractivity contribution >= 4 is 11.6 Å². The summed E-state index contributed by atoms with van der Waals surface area (Å²) in [4.78, 5) is 12.6. The Morgan fingerprint density at radius 1 is 1.16 bits per heavy atom. The third-order valence-corrected chi connectivity index (χ3v) is 2.48. The van der Waals surface area contributed by atoms with Crippen LogP contribution in [0.4, 0.5) is 23.2 Å². The molecule has 1 amide bonds. The molecule has 0 heterocycles. The fourth-order valence-electron chi connectivity index (χ4n) is 1.40. The van der Waals surface area contributed by atoms with Crippen molar-refractivity contribution in [3.8, 4) is 0 Å². The van der Waals surface area contributed by atoms with Crippen molar-refractivity contribution in [3.63, 3.8) is 0 Å². The van der Waals surface area contributed by atoms with E-state index in [2.05, 4.69) is 5.32 Å². The van der Waals surface area contributed by atoms with Crippen molar-refractivity contribution in [1.29, 1.82) is 0 Å². The largest absolute Gasteiger partial charge is 0.380 e. The minimum atomic E-state index is -1.47. The molecule has 19 heavy (non-hydrogen) atoms. The van der Waals surface area contributed by atoms with E-state index in [1.165, 1.54) is 4.90 Å². The first-order valence-corrected chi connectivity index (χ1v) is 5.61. The summed E-state index contributed by atoms with van der Waals surface area (Å²) >= 11 is 0. The summed E-state index contributed by atoms with van der Waals surface area (Å²) in [5, 5.41) is 2.26. The van der Waals surface area contributed by atoms with Gasteiger partial charge in [-0.15, -0.1) is 0 Å². The van der Waals surface area contributed by atoms with Crippen LogP contribution in [0.3, 0.4) is 0 Å². The highest BCUT2D eigenvalue weighted by molar-refractivity contribution is 5.75. The third-order valence-electron chi connectivity index (χ3n) is 2.48. The highest BCUT2D eigenvalue weighted by atomic mass is 19.2. The van der Waals surface area contributed by atoms with Gasteiger partial charge in [0, 0.05) is 33.1 Å². The lowest BCUT2D eigenvalue weighted by Crippen LogP contribution is -2.22. The number of rotatable bonds is 5. The van der Waals surface area contributed by atoms with Crippen LogP contribution in [-0.4, -0.2) is 31.4 Å². The van der Waals surface area contributed by atoms with Crippen molar-refractivity contribution in [2.24, 2.45) is 0 Å². The zero-order valence-electron chi connectivity index (χ0n) is 10.6. The van der Waals surface area contributed by atoms with Crippen LogP contribution in [0, 0.1) is 23.3 Å². The monoisotopic (exact) mass is 278 g/mol. The molecule has 0 aromatic heterocycles. The molecule has 3 nitrogen and oxygen atoms in total. The van der Waals surface area contributed by atoms with E-state index in [0.717, 1.165) is 0 Å². The summed E-state index contributed by atoms with van der Waals surface area (Å²) in [6.45, 7) is 0.0241. The molecule has 0 saturated heterocycles. The molecule has 0 radical (unpaired) electrons. The number of carbonyl (C=O) groups is 1. The Labute approximate surface area is 108 Å². The van der Waals surface area contributed by atoms with E-state index < -0.39 is 29.0 Å². The number of amides is 1. The zero-order valence-corrected chi connectivity index (χ0v) is 10.6. The van der Waals surface area contributed by atoms with Crippen LogP contribution in [0.25, 0.3) is 0 Å². The number of hydrogen-bond acceptors (Lipinski definition) is 2. The average molecular weight is 278 g/mol. The molecule has 0 aliphatic heterocycles. The van der Waals surface area contributed by atoms with Gasteiger partial charge in [-0.1, -0.05) is 0 Å². The molecule has 0 aliphatic rings. The number of nitrogens with one attached hydrogen (secondary N) is 1. The van der Waals surface area contributed by atoms with Crippen LogP contribution in [0.1, 0.15) is 12.8 Å². The van der Waals surface area contributed by atoms with Gasteiger partial charge >= 0.3 is 0 Å². The van der Waals surface area contributed by atoms with Crippen molar-refractivity contribution in [3.05, 3.63) is 29.3 Å². The molecular formula is C12H14F4N2O. The van der Waals surface area contributed by atoms with E-state index in [4.69, 9.17) is 0 Å². The predicted octanol–water partition coefficient (Wildman–Crippen LogP) is 2.52. The molecular weight excluding hydrogens is 264 g/mol. The summed E-state index contributed by atoms with van der Waals surface area (Å²) in [5.41, 5.74) is -0.852. The number of benzene rings is 1. The Morgan fingerprint density at radius 3 is 2.16 bits per heavy atom. The van der Waals surface area contributed by atoms with Gasteiger partial charge in [-0.3, -0.25) is 4.79 Å². The lowest BCUT2D eigenvalue weighted by Gasteiger charge is -2.12. The lowest BCUT2D eigenvalue weighted by atomic mass is 10.2. The molecule has 0 saturated carbocycles. The maximum atomic E-state index is 13.2. The van der Waals surface area contributed by atoms with Gasteiger partial charge in [0.05, 0.1) is 0 Å². The maximum Gasteiger partial charge on any atom is 0.222 e. The normalized spacial score (nSPS) is 10.4. The van der Waals surface area contributed by atoms with Gasteiger partial charge in [0.1, 0.15) is 5.69 Å². The van der Waals surface area contributed by atoms with Crippen LogP contribution in [-0.2, 0) is 4.79 Å². The molecule has 1 rings (SSSR count). The van der Waals surface area contributed by atoms with Gasteiger partial charge in [0.15, 0.2) is 23.3 Å². The number of carbonyl (C=O) groups excluding carboxylic acids is 1. The Morgan fingerprint density at radius 2 is 1.68 bits per heavy atom. The maximum absolute atomic E-state index is 13.2. The first-order chi connectivity index (χ1) is 8.84. The molecule has 0 unspecified atom stereocenters. The highest BCUT2D eigenvalue weighted by Crippen LogP contribution is 2.23. The minimum absolute atomic E-state index is 0.0241. The fraction of sp³-hybridized carbons (Fsp3) is 0.417. The Hall–Kier alpha value is -1.79. The topological polar surface area (TPSA) is 32.3 Å². The van der Waals surface area contributed by atoms with E-state index in [1.54, 1.807) is 14.1 Å². The predicted molar refractivity (Wildman–Crippen MR) is 62.7 cm³/mol. The molecule has 0 aliphatic carbocycles. The third kappa shape index (κ3) is 3.84. The first-order valence-electron chi connectivity index (χ1n) is 5.61. The number of halogens is 4. The Kier molecular flexibility index (Phi) is 5.14. The van der Waals surface area contributed by atoms with Crippen LogP contribution >= 0.6 is 0 Å². The number of hydrogen-bond donors (Lipinski definition) is 1. The molecule has 7 heteroatoms. The van der Waals surface area contributed by atoms with E-state index in [0.29, 0.717) is 0 Å². The summed E-state index contributed by atoms with van der Waals surface area (Å²) in [6.07, 6.45) is 0.453. The second-order valence-electron chi connectivity index (χ2n) is 4.16. The van der Waals surface area contributed by atoms with Crippen LogP contribution in [0.15, 0.2) is 6.07 Å². The van der Waals surface area contributed by atoms with Crippen LogP contribution in [0.2, 0.25) is 0 Å². The second kappa shape index (κ2) is 6.40. The molecule has 0 bridgehead atoms. The van der Waals surface area contributed by atoms with E-state index >= 15 is 0 Å². The fourth-order valence-corrected chi connectivity index (χ4v) is 1.40. The van der Waals surface area contributed by atoms with Crippen molar-refractivity contribution in [2.75, 3.05) is 26.0 Å². The Balaban J connectivity index is 2.61. The SMILES string of the molecule is CN(C)C(=O)CCCNc1c(F)c(F)cc(F)c1F. The Bertz CT molecular complexity index is 451. The zero-order chi connectivity index (χ0) is 14.6. The summed E-state index contributed by atoms with van der Waals surface area (Å²) in [7, 11) is 3.16. The molecule has 1 N–H and O–H groups in total. The molecule has 1 aromatic carbocycles. The van der Waals surface area contributed by atoms with Crippen LogP contribution in [0.5, 0.6) is 0 Å². The van der Waals surface area contributed by atoms with Crippen molar-refractivity contribution in [2.45, 2.75) is 12.8 Å². The second-order valence-corrected chi connectivity index (χ2v) is 4.16. The lowest BCUT2D eigenvalue weighted by molar-refractivity contribution is -0.128. The van der Waals surface area contributed by atoms with Crippen molar-refractivity contribution in [1.82, 2.24) is 4.90 Å². The smallest absolute Gasteiger partial charge is 0.222 e. The van der Waals surface area contributed by atoms with Gasteiger partial charge in [-0.2, -0.15) is 0 Å². The number of nitrogens with zero attached hydrogens (tertiary/aromatic N) is 1. The van der Waals surface area contributed by atoms with E-state index in [9.17, 15) is 22.4 Å². The minimum Gasteiger partial charge on any atom is -0.380 e. The average Bonchev–Trinajstić information content (AvgIpc) is 2.35. The molecule has 0 atom stereocenters. The molecule has 1 aromatic rings. The van der Waals surface area contributed by atoms with Gasteiger partial charge in [-0.05, 0) is 6.42 Å². The standard InChI is InChI=1S/C12H14F4N2O/c1-18(2)9(19)4-3-5-17-12-10(15)7(13)6-8(14)11(12)16/h6,17H,3-5H2,1-2H3.